The quantitative estimate of drug-likeness (QED) is 0.887. The number of carbonyl (C=O) groups excluding carboxylic acids is 1. The summed E-state index contributed by atoms with van der Waals surface area (Å²) >= 11 is 0. The second-order valence-corrected chi connectivity index (χ2v) is 6.61. The predicted octanol–water partition coefficient (Wildman–Crippen LogP) is 3.66. The fourth-order valence-electron chi connectivity index (χ4n) is 3.27. The van der Waals surface area contributed by atoms with Gasteiger partial charge in [0.2, 0.25) is 5.91 Å². The molecule has 1 amide bonds. The first-order valence-electron chi connectivity index (χ1n) is 7.68. The molecule has 0 saturated carbocycles. The highest BCUT2D eigenvalue weighted by Crippen LogP contribution is 2.36. The van der Waals surface area contributed by atoms with Gasteiger partial charge in [0.1, 0.15) is 0 Å². The molecule has 1 unspecified atom stereocenters. The van der Waals surface area contributed by atoms with E-state index in [0.717, 1.165) is 17.7 Å². The zero-order valence-corrected chi connectivity index (χ0v) is 13.3. The van der Waals surface area contributed by atoms with Crippen LogP contribution in [-0.2, 0) is 11.2 Å². The minimum atomic E-state index is -0.0456. The standard InChI is InChI=1S/C19H22N2O/c1-13(22)20-17-11-7-6-10-16(17)18-15-9-5-4-8-14(15)12-19(2,3)21-18/h4-11,18,21H,12H2,1-3H3,(H,20,22). The van der Waals surface area contributed by atoms with Gasteiger partial charge in [0, 0.05) is 18.2 Å². The molecule has 0 fully saturated rings. The maximum Gasteiger partial charge on any atom is 0.221 e. The van der Waals surface area contributed by atoms with Crippen LogP contribution in [0.3, 0.4) is 0 Å². The molecule has 0 aromatic heterocycles. The molecular formula is C19H22N2O. The fraction of sp³-hybridized carbons (Fsp3) is 0.316. The van der Waals surface area contributed by atoms with Crippen molar-refractivity contribution in [1.82, 2.24) is 5.32 Å². The molecule has 0 spiro atoms. The molecule has 3 nitrogen and oxygen atoms in total. The number of fused-ring (bicyclic) bond motifs is 1. The minimum Gasteiger partial charge on any atom is -0.326 e. The van der Waals surface area contributed by atoms with Crippen LogP contribution < -0.4 is 10.6 Å². The average molecular weight is 294 g/mol. The first kappa shape index (κ1) is 14.8. The lowest BCUT2D eigenvalue weighted by Crippen LogP contribution is -2.47. The lowest BCUT2D eigenvalue weighted by Gasteiger charge is -2.39. The summed E-state index contributed by atoms with van der Waals surface area (Å²) in [5.41, 5.74) is 4.66. The van der Waals surface area contributed by atoms with E-state index >= 15 is 0 Å². The Bertz CT molecular complexity index is 706. The lowest BCUT2D eigenvalue weighted by atomic mass is 9.81. The van der Waals surface area contributed by atoms with Crippen LogP contribution in [0, 0.1) is 0 Å². The number of amides is 1. The van der Waals surface area contributed by atoms with Gasteiger partial charge in [-0.05, 0) is 43.0 Å². The summed E-state index contributed by atoms with van der Waals surface area (Å²) in [5.74, 6) is -0.0456. The van der Waals surface area contributed by atoms with Gasteiger partial charge in [0.15, 0.2) is 0 Å². The van der Waals surface area contributed by atoms with Gasteiger partial charge in [0.25, 0.3) is 0 Å². The van der Waals surface area contributed by atoms with Crippen LogP contribution in [0.15, 0.2) is 48.5 Å². The van der Waals surface area contributed by atoms with Crippen LogP contribution in [-0.4, -0.2) is 11.4 Å². The Kier molecular flexibility index (Phi) is 3.75. The monoisotopic (exact) mass is 294 g/mol. The summed E-state index contributed by atoms with van der Waals surface area (Å²) in [7, 11) is 0. The van der Waals surface area contributed by atoms with Crippen LogP contribution in [0.4, 0.5) is 5.69 Å². The number of hydrogen-bond donors (Lipinski definition) is 2. The zero-order chi connectivity index (χ0) is 15.7. The van der Waals surface area contributed by atoms with Crippen molar-refractivity contribution in [2.45, 2.75) is 38.8 Å². The molecule has 1 atom stereocenters. The smallest absolute Gasteiger partial charge is 0.221 e. The molecule has 0 saturated heterocycles. The summed E-state index contributed by atoms with van der Waals surface area (Å²) in [6, 6.07) is 16.6. The van der Waals surface area contributed by atoms with Crippen molar-refractivity contribution < 1.29 is 4.79 Å². The molecule has 2 aromatic rings. The lowest BCUT2D eigenvalue weighted by molar-refractivity contribution is -0.114. The van der Waals surface area contributed by atoms with Crippen molar-refractivity contribution in [2.75, 3.05) is 5.32 Å². The molecule has 0 radical (unpaired) electrons. The Morgan fingerprint density at radius 1 is 1.09 bits per heavy atom. The normalized spacial score (nSPS) is 19.3. The molecule has 2 aromatic carbocycles. The highest BCUT2D eigenvalue weighted by Gasteiger charge is 2.32. The van der Waals surface area contributed by atoms with Crippen LogP contribution in [0.2, 0.25) is 0 Å². The second-order valence-electron chi connectivity index (χ2n) is 6.61. The van der Waals surface area contributed by atoms with E-state index in [0.29, 0.717) is 0 Å². The van der Waals surface area contributed by atoms with E-state index in [-0.39, 0.29) is 17.5 Å². The van der Waals surface area contributed by atoms with Crippen molar-refractivity contribution in [3.05, 3.63) is 65.2 Å². The number of carbonyl (C=O) groups is 1. The molecule has 1 aliphatic heterocycles. The summed E-state index contributed by atoms with van der Waals surface area (Å²) < 4.78 is 0. The third-order valence-corrected chi connectivity index (χ3v) is 4.12. The van der Waals surface area contributed by atoms with E-state index in [1.807, 2.05) is 18.2 Å². The van der Waals surface area contributed by atoms with Crippen LogP contribution in [0.5, 0.6) is 0 Å². The Hall–Kier alpha value is -2.13. The Labute approximate surface area is 131 Å². The summed E-state index contributed by atoms with van der Waals surface area (Å²) in [4.78, 5) is 11.5. The first-order valence-corrected chi connectivity index (χ1v) is 7.68. The molecule has 1 aliphatic rings. The van der Waals surface area contributed by atoms with E-state index < -0.39 is 0 Å². The number of benzene rings is 2. The number of para-hydroxylation sites is 1. The Balaban J connectivity index is 2.10. The number of hydrogen-bond acceptors (Lipinski definition) is 2. The third kappa shape index (κ3) is 2.90. The van der Waals surface area contributed by atoms with Crippen LogP contribution >= 0.6 is 0 Å². The third-order valence-electron chi connectivity index (χ3n) is 4.12. The Morgan fingerprint density at radius 3 is 2.45 bits per heavy atom. The topological polar surface area (TPSA) is 41.1 Å². The van der Waals surface area contributed by atoms with Gasteiger partial charge >= 0.3 is 0 Å². The van der Waals surface area contributed by atoms with Gasteiger partial charge in [-0.15, -0.1) is 0 Å². The first-order chi connectivity index (χ1) is 10.5. The summed E-state index contributed by atoms with van der Waals surface area (Å²) in [5, 5.41) is 6.68. The zero-order valence-electron chi connectivity index (χ0n) is 13.3. The highest BCUT2D eigenvalue weighted by molar-refractivity contribution is 5.89. The predicted molar refractivity (Wildman–Crippen MR) is 89.9 cm³/mol. The van der Waals surface area contributed by atoms with Crippen LogP contribution in [0.25, 0.3) is 0 Å². The minimum absolute atomic E-state index is 0.0162. The van der Waals surface area contributed by atoms with E-state index in [1.165, 1.54) is 11.1 Å². The second kappa shape index (κ2) is 5.58. The highest BCUT2D eigenvalue weighted by atomic mass is 16.1. The summed E-state index contributed by atoms with van der Waals surface area (Å²) in [6.07, 6.45) is 1.00. The van der Waals surface area contributed by atoms with Crippen molar-refractivity contribution >= 4 is 11.6 Å². The van der Waals surface area contributed by atoms with E-state index in [2.05, 4.69) is 54.8 Å². The van der Waals surface area contributed by atoms with Crippen molar-refractivity contribution in [1.29, 1.82) is 0 Å². The number of anilines is 1. The van der Waals surface area contributed by atoms with Gasteiger partial charge in [-0.1, -0.05) is 42.5 Å². The molecular weight excluding hydrogens is 272 g/mol. The van der Waals surface area contributed by atoms with Gasteiger partial charge in [-0.2, -0.15) is 0 Å². The molecule has 22 heavy (non-hydrogen) atoms. The summed E-state index contributed by atoms with van der Waals surface area (Å²) in [6.45, 7) is 5.98. The van der Waals surface area contributed by atoms with Gasteiger partial charge in [-0.25, -0.2) is 0 Å². The van der Waals surface area contributed by atoms with Crippen LogP contribution in [0.1, 0.15) is 43.5 Å². The molecule has 1 heterocycles. The van der Waals surface area contributed by atoms with E-state index in [9.17, 15) is 4.79 Å². The Morgan fingerprint density at radius 2 is 1.73 bits per heavy atom. The van der Waals surface area contributed by atoms with Gasteiger partial charge in [0.05, 0.1) is 6.04 Å². The largest absolute Gasteiger partial charge is 0.326 e. The fourth-order valence-corrected chi connectivity index (χ4v) is 3.27. The van der Waals surface area contributed by atoms with Gasteiger partial charge in [-0.3, -0.25) is 4.79 Å². The molecule has 2 N–H and O–H groups in total. The number of nitrogens with one attached hydrogen (secondary N) is 2. The maximum absolute atomic E-state index is 11.5. The molecule has 114 valence electrons. The molecule has 3 rings (SSSR count). The van der Waals surface area contributed by atoms with E-state index in [4.69, 9.17) is 0 Å². The van der Waals surface area contributed by atoms with Crippen molar-refractivity contribution in [2.24, 2.45) is 0 Å². The van der Waals surface area contributed by atoms with Gasteiger partial charge < -0.3 is 10.6 Å². The average Bonchev–Trinajstić information content (AvgIpc) is 2.45. The number of rotatable bonds is 2. The van der Waals surface area contributed by atoms with Crippen molar-refractivity contribution in [3.8, 4) is 0 Å². The maximum atomic E-state index is 11.5. The molecule has 3 heteroatoms. The molecule has 0 bridgehead atoms. The van der Waals surface area contributed by atoms with E-state index in [1.54, 1.807) is 6.92 Å². The SMILES string of the molecule is CC(=O)Nc1ccccc1C1NC(C)(C)Cc2ccccc21. The van der Waals surface area contributed by atoms with Crippen molar-refractivity contribution in [3.63, 3.8) is 0 Å². The molecule has 0 aliphatic carbocycles.